The summed E-state index contributed by atoms with van der Waals surface area (Å²) >= 11 is 0. The molecule has 0 bridgehead atoms. The first-order valence-electron chi connectivity index (χ1n) is 12.4. The quantitative estimate of drug-likeness (QED) is 0.427. The normalized spacial score (nSPS) is 19.9. The zero-order valence-corrected chi connectivity index (χ0v) is 20.5. The molecule has 0 amide bonds. The Hall–Kier alpha value is -3.55. The molecule has 2 aliphatic heterocycles. The summed E-state index contributed by atoms with van der Waals surface area (Å²) in [6.45, 7) is 7.01. The number of benzene rings is 2. The number of aryl methyl sites for hydroxylation is 1. The minimum Gasteiger partial charge on any atom is -0.506 e. The van der Waals surface area contributed by atoms with Gasteiger partial charge in [-0.15, -0.1) is 0 Å². The van der Waals surface area contributed by atoms with Crippen LogP contribution in [0, 0.1) is 19.7 Å². The molecule has 2 fully saturated rings. The number of rotatable bonds is 3. The molecule has 6 rings (SSSR count). The van der Waals surface area contributed by atoms with Gasteiger partial charge in [-0.3, -0.25) is 9.97 Å². The molecule has 2 aliphatic rings. The van der Waals surface area contributed by atoms with Gasteiger partial charge in [-0.2, -0.15) is 0 Å². The number of halogens is 1. The molecule has 7 heteroatoms. The first-order valence-corrected chi connectivity index (χ1v) is 12.4. The minimum atomic E-state index is -0.257. The van der Waals surface area contributed by atoms with Crippen LogP contribution < -0.4 is 10.2 Å². The van der Waals surface area contributed by atoms with Crippen LogP contribution in [0.3, 0.4) is 0 Å². The maximum absolute atomic E-state index is 14.5. The highest BCUT2D eigenvalue weighted by molar-refractivity contribution is 6.02. The van der Waals surface area contributed by atoms with Crippen LogP contribution in [0.2, 0.25) is 0 Å². The van der Waals surface area contributed by atoms with Gasteiger partial charge in [0.25, 0.3) is 0 Å². The summed E-state index contributed by atoms with van der Waals surface area (Å²) in [5.41, 5.74) is 7.10. The van der Waals surface area contributed by atoms with Crippen molar-refractivity contribution >= 4 is 16.6 Å². The molecule has 2 N–H and O–H groups in total. The minimum absolute atomic E-state index is 0.167. The Balaban J connectivity index is 1.56. The van der Waals surface area contributed by atoms with E-state index in [0.717, 1.165) is 82.6 Å². The average molecular weight is 485 g/mol. The summed E-state index contributed by atoms with van der Waals surface area (Å²) in [6, 6.07) is 11.5. The van der Waals surface area contributed by atoms with Crippen molar-refractivity contribution in [3.05, 3.63) is 71.9 Å². The number of fused-ring (bicyclic) bond motifs is 2. The first-order chi connectivity index (χ1) is 17.5. The Kier molecular flexibility index (Phi) is 5.82. The van der Waals surface area contributed by atoms with Crippen molar-refractivity contribution in [3.63, 3.8) is 0 Å². The molecular formula is C29H29FN4O2. The van der Waals surface area contributed by atoms with Gasteiger partial charge >= 0.3 is 0 Å². The summed E-state index contributed by atoms with van der Waals surface area (Å²) in [7, 11) is 0. The summed E-state index contributed by atoms with van der Waals surface area (Å²) in [5, 5.41) is 14.9. The fourth-order valence-corrected chi connectivity index (χ4v) is 5.58. The van der Waals surface area contributed by atoms with Crippen molar-refractivity contribution < 1.29 is 14.2 Å². The molecule has 2 atom stereocenters. The van der Waals surface area contributed by atoms with Crippen LogP contribution in [-0.2, 0) is 4.74 Å². The van der Waals surface area contributed by atoms with Gasteiger partial charge in [-0.05, 0) is 61.2 Å². The van der Waals surface area contributed by atoms with E-state index in [1.54, 1.807) is 18.3 Å². The van der Waals surface area contributed by atoms with Gasteiger partial charge in [0.05, 0.1) is 36.2 Å². The maximum Gasteiger partial charge on any atom is 0.137 e. The van der Waals surface area contributed by atoms with Crippen molar-refractivity contribution in [2.75, 3.05) is 31.1 Å². The molecule has 36 heavy (non-hydrogen) atoms. The fourth-order valence-electron chi connectivity index (χ4n) is 5.58. The molecule has 0 unspecified atom stereocenters. The lowest BCUT2D eigenvalue weighted by atomic mass is 9.94. The predicted molar refractivity (Wildman–Crippen MR) is 140 cm³/mol. The van der Waals surface area contributed by atoms with Crippen LogP contribution in [0.4, 0.5) is 10.1 Å². The number of morpholine rings is 1. The summed E-state index contributed by atoms with van der Waals surface area (Å²) in [5.74, 6) is -0.0901. The van der Waals surface area contributed by atoms with E-state index in [4.69, 9.17) is 9.72 Å². The van der Waals surface area contributed by atoms with E-state index in [-0.39, 0.29) is 23.7 Å². The summed E-state index contributed by atoms with van der Waals surface area (Å²) in [6.07, 6.45) is 6.22. The molecule has 4 heterocycles. The zero-order valence-electron chi connectivity index (χ0n) is 20.5. The molecule has 4 aromatic rings. The Morgan fingerprint density at radius 2 is 1.94 bits per heavy atom. The van der Waals surface area contributed by atoms with E-state index < -0.39 is 0 Å². The zero-order chi connectivity index (χ0) is 24.8. The van der Waals surface area contributed by atoms with Crippen LogP contribution in [0.15, 0.2) is 55.0 Å². The number of nitrogens with zero attached hydrogens (tertiary/aromatic N) is 3. The molecule has 0 spiro atoms. The SMILES string of the molecule is Cc1cc(F)cc(-c2cnc3ccc(-c4cncc(O)c4C)cc3c2N2CC[C@H]3OCCN[C@@H]3C2)c1. The van der Waals surface area contributed by atoms with Gasteiger partial charge in [0.2, 0.25) is 0 Å². The van der Waals surface area contributed by atoms with Crippen LogP contribution in [0.1, 0.15) is 17.5 Å². The molecule has 2 saturated heterocycles. The first kappa shape index (κ1) is 22.9. The molecular weight excluding hydrogens is 455 g/mol. The Morgan fingerprint density at radius 1 is 1.06 bits per heavy atom. The standard InChI is InChI=1S/C29H29FN4O2/c1-17-9-20(11-21(30)10-17)24-14-33-25-4-3-19(23-13-31-15-27(35)18(23)2)12-22(25)29(24)34-7-5-28-26(16-34)32-6-8-36-28/h3-4,9-15,26,28,32,35H,5-8,16H2,1-2H3/t26-,28-/m1/s1. The second kappa shape index (κ2) is 9.15. The van der Waals surface area contributed by atoms with E-state index in [2.05, 4.69) is 21.3 Å². The van der Waals surface area contributed by atoms with Crippen LogP contribution in [0.25, 0.3) is 33.2 Å². The molecule has 184 valence electrons. The number of nitrogens with one attached hydrogen (secondary N) is 1. The molecule has 2 aromatic heterocycles. The van der Waals surface area contributed by atoms with Crippen LogP contribution >= 0.6 is 0 Å². The fraction of sp³-hybridized carbons (Fsp3) is 0.310. The van der Waals surface area contributed by atoms with Crippen molar-refractivity contribution in [3.8, 4) is 28.0 Å². The van der Waals surface area contributed by atoms with E-state index in [1.165, 1.54) is 6.20 Å². The highest BCUT2D eigenvalue weighted by Gasteiger charge is 2.33. The lowest BCUT2D eigenvalue weighted by molar-refractivity contribution is -0.0134. The van der Waals surface area contributed by atoms with E-state index >= 15 is 0 Å². The highest BCUT2D eigenvalue weighted by Crippen LogP contribution is 2.41. The van der Waals surface area contributed by atoms with Crippen molar-refractivity contribution in [2.45, 2.75) is 32.4 Å². The van der Waals surface area contributed by atoms with Gasteiger partial charge in [0.15, 0.2) is 0 Å². The lowest BCUT2D eigenvalue weighted by Gasteiger charge is -2.43. The van der Waals surface area contributed by atoms with E-state index in [1.807, 2.05) is 38.2 Å². The van der Waals surface area contributed by atoms with E-state index in [0.29, 0.717) is 0 Å². The maximum atomic E-state index is 14.5. The van der Waals surface area contributed by atoms with Gasteiger partial charge in [-0.25, -0.2) is 4.39 Å². The second-order valence-electron chi connectivity index (χ2n) is 9.81. The number of hydrogen-bond acceptors (Lipinski definition) is 6. The van der Waals surface area contributed by atoms with Gasteiger partial charge in [-0.1, -0.05) is 12.1 Å². The largest absolute Gasteiger partial charge is 0.506 e. The van der Waals surface area contributed by atoms with Gasteiger partial charge in [0.1, 0.15) is 11.6 Å². The number of ether oxygens (including phenoxy) is 1. The Morgan fingerprint density at radius 3 is 2.81 bits per heavy atom. The highest BCUT2D eigenvalue weighted by atomic mass is 19.1. The Bertz CT molecular complexity index is 1440. The number of hydrogen-bond donors (Lipinski definition) is 2. The number of piperidine rings is 1. The van der Waals surface area contributed by atoms with Gasteiger partial charge < -0.3 is 20.1 Å². The van der Waals surface area contributed by atoms with Gasteiger partial charge in [0, 0.05) is 54.1 Å². The van der Waals surface area contributed by atoms with Crippen molar-refractivity contribution in [2.24, 2.45) is 0 Å². The number of anilines is 1. The molecule has 0 radical (unpaired) electrons. The number of pyridine rings is 2. The summed E-state index contributed by atoms with van der Waals surface area (Å²) < 4.78 is 20.5. The third kappa shape index (κ3) is 4.08. The van der Waals surface area contributed by atoms with Crippen LogP contribution in [0.5, 0.6) is 5.75 Å². The number of aromatic nitrogens is 2. The number of aromatic hydroxyl groups is 1. The molecule has 6 nitrogen and oxygen atoms in total. The smallest absolute Gasteiger partial charge is 0.137 e. The predicted octanol–water partition coefficient (Wildman–Crippen LogP) is 4.99. The van der Waals surface area contributed by atoms with Crippen LogP contribution in [-0.4, -0.2) is 53.5 Å². The van der Waals surface area contributed by atoms with Crippen molar-refractivity contribution in [1.29, 1.82) is 0 Å². The Labute approximate surface area is 209 Å². The van der Waals surface area contributed by atoms with E-state index in [9.17, 15) is 9.50 Å². The molecule has 2 aromatic carbocycles. The summed E-state index contributed by atoms with van der Waals surface area (Å²) in [4.78, 5) is 11.4. The monoisotopic (exact) mass is 484 g/mol. The third-order valence-corrected chi connectivity index (χ3v) is 7.40. The second-order valence-corrected chi connectivity index (χ2v) is 9.81. The lowest BCUT2D eigenvalue weighted by Crippen LogP contribution is -2.58. The van der Waals surface area contributed by atoms with Crippen molar-refractivity contribution in [1.82, 2.24) is 15.3 Å². The third-order valence-electron chi connectivity index (χ3n) is 7.40. The molecule has 0 aliphatic carbocycles. The topological polar surface area (TPSA) is 70.5 Å². The average Bonchev–Trinajstić information content (AvgIpc) is 2.88. The molecule has 0 saturated carbocycles.